The van der Waals surface area contributed by atoms with Gasteiger partial charge in [-0.2, -0.15) is 0 Å². The number of nitrogens with one attached hydrogen (secondary N) is 1. The number of carbonyl (C=O) groups is 1. The van der Waals surface area contributed by atoms with E-state index in [1.165, 1.54) is 0 Å². The van der Waals surface area contributed by atoms with Gasteiger partial charge < -0.3 is 10.4 Å². The summed E-state index contributed by atoms with van der Waals surface area (Å²) in [5.41, 5.74) is -0.299. The molecule has 0 spiro atoms. The zero-order valence-corrected chi connectivity index (χ0v) is 9.55. The predicted molar refractivity (Wildman–Crippen MR) is 55.8 cm³/mol. The number of amides is 1. The second kappa shape index (κ2) is 3.54. The van der Waals surface area contributed by atoms with E-state index in [0.29, 0.717) is 0 Å². The molecule has 0 heterocycles. The largest absolute Gasteiger partial charge is 0.394 e. The van der Waals surface area contributed by atoms with Crippen LogP contribution < -0.4 is 5.32 Å². The molecule has 1 amide bonds. The molecule has 14 heavy (non-hydrogen) atoms. The zero-order valence-electron chi connectivity index (χ0n) is 9.55. The lowest BCUT2D eigenvalue weighted by molar-refractivity contribution is -0.128. The molecule has 0 aromatic rings. The molecule has 0 bridgehead atoms. The first-order valence-electron chi connectivity index (χ1n) is 5.24. The molecular formula is C11H21NO2. The summed E-state index contributed by atoms with van der Waals surface area (Å²) in [5, 5.41) is 12.0. The van der Waals surface area contributed by atoms with E-state index in [9.17, 15) is 4.79 Å². The first-order chi connectivity index (χ1) is 6.31. The Morgan fingerprint density at radius 1 is 1.50 bits per heavy atom. The number of hydrogen-bond acceptors (Lipinski definition) is 2. The average Bonchev–Trinajstić information content (AvgIpc) is 2.82. The Hall–Kier alpha value is -0.570. The van der Waals surface area contributed by atoms with Gasteiger partial charge in [-0.3, -0.25) is 4.79 Å². The number of rotatable bonds is 3. The van der Waals surface area contributed by atoms with Crippen LogP contribution in [0.4, 0.5) is 0 Å². The molecule has 1 aliphatic rings. The van der Waals surface area contributed by atoms with Crippen molar-refractivity contribution in [3.8, 4) is 0 Å². The van der Waals surface area contributed by atoms with Crippen LogP contribution in [0.25, 0.3) is 0 Å². The fraction of sp³-hybridized carbons (Fsp3) is 0.909. The molecule has 0 aromatic heterocycles. The molecule has 82 valence electrons. The maximum absolute atomic E-state index is 11.8. The predicted octanol–water partition coefficient (Wildman–Crippen LogP) is 1.31. The molecule has 1 rings (SSSR count). The van der Waals surface area contributed by atoms with Crippen LogP contribution in [0, 0.1) is 11.3 Å². The van der Waals surface area contributed by atoms with Crippen LogP contribution in [0.2, 0.25) is 0 Å². The monoisotopic (exact) mass is 199 g/mol. The molecule has 2 N–H and O–H groups in total. The van der Waals surface area contributed by atoms with Gasteiger partial charge in [0.2, 0.25) is 5.91 Å². The van der Waals surface area contributed by atoms with Crippen LogP contribution >= 0.6 is 0 Å². The lowest BCUT2D eigenvalue weighted by atomic mass is 9.81. The van der Waals surface area contributed by atoms with Crippen molar-refractivity contribution in [3.05, 3.63) is 0 Å². The minimum atomic E-state index is -0.281. The van der Waals surface area contributed by atoms with E-state index in [0.717, 1.165) is 12.8 Å². The van der Waals surface area contributed by atoms with E-state index in [-0.39, 0.29) is 29.4 Å². The van der Waals surface area contributed by atoms with Gasteiger partial charge in [-0.1, -0.05) is 27.7 Å². The molecule has 1 atom stereocenters. The van der Waals surface area contributed by atoms with Crippen molar-refractivity contribution in [2.24, 2.45) is 11.3 Å². The summed E-state index contributed by atoms with van der Waals surface area (Å²) >= 11 is 0. The smallest absolute Gasteiger partial charge is 0.223 e. The van der Waals surface area contributed by atoms with Gasteiger partial charge in [0.15, 0.2) is 0 Å². The Balaban J connectivity index is 2.50. The summed E-state index contributed by atoms with van der Waals surface area (Å²) in [6.07, 6.45) is 1.82. The molecule has 0 aromatic carbocycles. The summed E-state index contributed by atoms with van der Waals surface area (Å²) in [4.78, 5) is 11.8. The fourth-order valence-electron chi connectivity index (χ4n) is 1.24. The standard InChI is InChI=1S/C11H21NO2/c1-8(10(2,3)4)9(14)12-11(7-13)5-6-11/h8,13H,5-7H2,1-4H3,(H,12,14). The molecule has 1 fully saturated rings. The third kappa shape index (κ3) is 2.47. The van der Waals surface area contributed by atoms with E-state index in [1.807, 2.05) is 6.92 Å². The van der Waals surface area contributed by atoms with Crippen LogP contribution in [0.15, 0.2) is 0 Å². The van der Waals surface area contributed by atoms with Crippen molar-refractivity contribution < 1.29 is 9.90 Å². The molecule has 1 unspecified atom stereocenters. The van der Waals surface area contributed by atoms with Crippen molar-refractivity contribution >= 4 is 5.91 Å². The van der Waals surface area contributed by atoms with Gasteiger partial charge in [0, 0.05) is 5.92 Å². The minimum absolute atomic E-state index is 0.0182. The van der Waals surface area contributed by atoms with E-state index < -0.39 is 0 Å². The topological polar surface area (TPSA) is 49.3 Å². The molecule has 3 heteroatoms. The first kappa shape index (κ1) is 11.5. The Morgan fingerprint density at radius 2 is 2.00 bits per heavy atom. The van der Waals surface area contributed by atoms with Crippen molar-refractivity contribution in [2.45, 2.75) is 46.1 Å². The number of carbonyl (C=O) groups excluding carboxylic acids is 1. The zero-order chi connectivity index (χ0) is 11.0. The molecule has 0 radical (unpaired) electrons. The first-order valence-corrected chi connectivity index (χ1v) is 5.24. The average molecular weight is 199 g/mol. The second-order valence-electron chi connectivity index (χ2n) is 5.52. The molecular weight excluding hydrogens is 178 g/mol. The highest BCUT2D eigenvalue weighted by Gasteiger charge is 2.44. The van der Waals surface area contributed by atoms with Gasteiger partial charge in [-0.15, -0.1) is 0 Å². The lowest BCUT2D eigenvalue weighted by Crippen LogP contribution is -2.45. The molecule has 0 aliphatic heterocycles. The Bertz CT molecular complexity index is 226. The van der Waals surface area contributed by atoms with E-state index in [4.69, 9.17) is 5.11 Å². The molecule has 0 saturated heterocycles. The third-order valence-corrected chi connectivity index (χ3v) is 3.24. The number of hydrogen-bond donors (Lipinski definition) is 2. The Kier molecular flexibility index (Phi) is 2.91. The van der Waals surface area contributed by atoms with E-state index in [2.05, 4.69) is 26.1 Å². The highest BCUT2D eigenvalue weighted by molar-refractivity contribution is 5.80. The van der Waals surface area contributed by atoms with Gasteiger partial charge in [0.05, 0.1) is 12.1 Å². The highest BCUT2D eigenvalue weighted by atomic mass is 16.3. The number of aliphatic hydroxyl groups is 1. The van der Waals surface area contributed by atoms with Gasteiger partial charge >= 0.3 is 0 Å². The van der Waals surface area contributed by atoms with Crippen LogP contribution in [0.1, 0.15) is 40.5 Å². The maximum Gasteiger partial charge on any atom is 0.223 e. The quantitative estimate of drug-likeness (QED) is 0.720. The van der Waals surface area contributed by atoms with Crippen molar-refractivity contribution in [2.75, 3.05) is 6.61 Å². The van der Waals surface area contributed by atoms with Crippen molar-refractivity contribution in [1.82, 2.24) is 5.32 Å². The van der Waals surface area contributed by atoms with Crippen LogP contribution in [0.5, 0.6) is 0 Å². The molecule has 1 saturated carbocycles. The minimum Gasteiger partial charge on any atom is -0.394 e. The van der Waals surface area contributed by atoms with Crippen LogP contribution in [-0.4, -0.2) is 23.2 Å². The van der Waals surface area contributed by atoms with Crippen molar-refractivity contribution in [1.29, 1.82) is 0 Å². The molecule has 1 aliphatic carbocycles. The summed E-state index contributed by atoms with van der Waals surface area (Å²) in [7, 11) is 0. The summed E-state index contributed by atoms with van der Waals surface area (Å²) < 4.78 is 0. The maximum atomic E-state index is 11.8. The van der Waals surface area contributed by atoms with Gasteiger partial charge in [0.1, 0.15) is 0 Å². The summed E-state index contributed by atoms with van der Waals surface area (Å²) in [6, 6.07) is 0. The number of aliphatic hydroxyl groups excluding tert-OH is 1. The Labute approximate surface area is 85.9 Å². The van der Waals surface area contributed by atoms with Crippen molar-refractivity contribution in [3.63, 3.8) is 0 Å². The van der Waals surface area contributed by atoms with E-state index in [1.54, 1.807) is 0 Å². The highest BCUT2D eigenvalue weighted by Crippen LogP contribution is 2.36. The van der Waals surface area contributed by atoms with Crippen LogP contribution in [-0.2, 0) is 4.79 Å². The van der Waals surface area contributed by atoms with Gasteiger partial charge in [-0.05, 0) is 18.3 Å². The SMILES string of the molecule is CC(C(=O)NC1(CO)CC1)C(C)(C)C. The van der Waals surface area contributed by atoms with Crippen LogP contribution in [0.3, 0.4) is 0 Å². The normalized spacial score (nSPS) is 21.5. The second-order valence-corrected chi connectivity index (χ2v) is 5.52. The molecule has 3 nitrogen and oxygen atoms in total. The lowest BCUT2D eigenvalue weighted by Gasteiger charge is -2.28. The van der Waals surface area contributed by atoms with Gasteiger partial charge in [-0.25, -0.2) is 0 Å². The van der Waals surface area contributed by atoms with E-state index >= 15 is 0 Å². The Morgan fingerprint density at radius 3 is 2.29 bits per heavy atom. The van der Waals surface area contributed by atoms with Gasteiger partial charge in [0.25, 0.3) is 0 Å². The summed E-state index contributed by atoms with van der Waals surface area (Å²) in [6.45, 7) is 8.15. The fourth-order valence-corrected chi connectivity index (χ4v) is 1.24. The third-order valence-electron chi connectivity index (χ3n) is 3.24. The summed E-state index contributed by atoms with van der Waals surface area (Å²) in [5.74, 6) is 0.0376.